The molecule has 1 aliphatic heterocycles. The molecule has 0 unspecified atom stereocenters. The van der Waals surface area contributed by atoms with Crippen LogP contribution in [0, 0.1) is 6.92 Å². The predicted octanol–water partition coefficient (Wildman–Crippen LogP) is 1.95. The Hall–Kier alpha value is -2.39. The number of nitrogens with one attached hydrogen (secondary N) is 2. The fourth-order valence-corrected chi connectivity index (χ4v) is 4.70. The molecule has 0 aliphatic carbocycles. The molecule has 1 aliphatic rings. The molecule has 4 rings (SSSR count). The Balaban J connectivity index is 1.38. The third-order valence-corrected chi connectivity index (χ3v) is 5.98. The summed E-state index contributed by atoms with van der Waals surface area (Å²) in [5.74, 6) is 0.737. The molecule has 0 spiro atoms. The first-order chi connectivity index (χ1) is 12.5. The second-order valence-corrected chi connectivity index (χ2v) is 8.43. The van der Waals surface area contributed by atoms with Crippen molar-refractivity contribution >= 4 is 26.8 Å². The van der Waals surface area contributed by atoms with E-state index in [0.717, 1.165) is 42.8 Å². The molecule has 1 saturated heterocycles. The van der Waals surface area contributed by atoms with Gasteiger partial charge in [-0.2, -0.15) is 5.10 Å². The van der Waals surface area contributed by atoms with Crippen molar-refractivity contribution in [2.24, 2.45) is 0 Å². The van der Waals surface area contributed by atoms with Gasteiger partial charge in [-0.1, -0.05) is 17.3 Å². The molecule has 9 heteroatoms. The highest BCUT2D eigenvalue weighted by molar-refractivity contribution is 7.88. The topological polar surface area (TPSA) is 104 Å². The van der Waals surface area contributed by atoms with E-state index >= 15 is 0 Å². The third-order valence-electron chi connectivity index (χ3n) is 4.64. The fourth-order valence-electron chi connectivity index (χ4n) is 3.31. The second kappa shape index (κ2) is 6.73. The number of nitrogens with zero attached hydrogens (tertiary/aromatic N) is 3. The molecule has 138 valence electrons. The first kappa shape index (κ1) is 17.0. The number of benzene rings is 1. The molecule has 2 N–H and O–H groups in total. The van der Waals surface area contributed by atoms with Crippen molar-refractivity contribution in [1.82, 2.24) is 20.1 Å². The average Bonchev–Trinajstić information content (AvgIpc) is 3.22. The van der Waals surface area contributed by atoms with Crippen molar-refractivity contribution in [3.63, 3.8) is 0 Å². The number of sulfonamides is 1. The van der Waals surface area contributed by atoms with Gasteiger partial charge in [0.05, 0.1) is 0 Å². The summed E-state index contributed by atoms with van der Waals surface area (Å²) in [7, 11) is -3.49. The third kappa shape index (κ3) is 3.58. The molecule has 26 heavy (non-hydrogen) atoms. The van der Waals surface area contributed by atoms with Crippen LogP contribution < -0.4 is 9.62 Å². The van der Waals surface area contributed by atoms with E-state index in [0.29, 0.717) is 11.3 Å². The smallest absolute Gasteiger partial charge is 0.217 e. The lowest BCUT2D eigenvalue weighted by atomic mass is 10.1. The molecule has 0 atom stereocenters. The van der Waals surface area contributed by atoms with Crippen molar-refractivity contribution in [1.29, 1.82) is 0 Å². The lowest BCUT2D eigenvalue weighted by Crippen LogP contribution is -2.45. The van der Waals surface area contributed by atoms with Crippen LogP contribution in [0.15, 0.2) is 34.9 Å². The lowest BCUT2D eigenvalue weighted by molar-refractivity contribution is 0.444. The van der Waals surface area contributed by atoms with E-state index in [1.807, 2.05) is 31.2 Å². The Bertz CT molecular complexity index is 1000. The number of H-pyrrole nitrogens is 1. The van der Waals surface area contributed by atoms with Crippen LogP contribution in [0.4, 0.5) is 5.82 Å². The maximum Gasteiger partial charge on any atom is 0.217 e. The number of rotatable bonds is 5. The van der Waals surface area contributed by atoms with Gasteiger partial charge in [0.2, 0.25) is 10.0 Å². The van der Waals surface area contributed by atoms with Gasteiger partial charge in [-0.3, -0.25) is 5.10 Å². The van der Waals surface area contributed by atoms with E-state index < -0.39 is 10.0 Å². The molecular weight excluding hydrogens is 354 g/mol. The van der Waals surface area contributed by atoms with Gasteiger partial charge in [0.1, 0.15) is 11.4 Å². The van der Waals surface area contributed by atoms with Crippen molar-refractivity contribution in [3.05, 3.63) is 41.7 Å². The van der Waals surface area contributed by atoms with Crippen LogP contribution in [0.1, 0.15) is 24.2 Å². The summed E-state index contributed by atoms with van der Waals surface area (Å²) in [4.78, 5) is 2.17. The van der Waals surface area contributed by atoms with Crippen LogP contribution in [0.5, 0.6) is 0 Å². The SMILES string of the molecule is Cc1cc(N2CCC(NS(=O)(=O)Cc3noc4ccccc34)CC2)n[nH]1. The van der Waals surface area contributed by atoms with Gasteiger partial charge in [-0.25, -0.2) is 13.1 Å². The van der Waals surface area contributed by atoms with Crippen molar-refractivity contribution < 1.29 is 12.9 Å². The molecule has 1 aromatic carbocycles. The van der Waals surface area contributed by atoms with Crippen LogP contribution in [-0.4, -0.2) is 42.9 Å². The van der Waals surface area contributed by atoms with Crippen LogP contribution in [0.3, 0.4) is 0 Å². The molecule has 3 aromatic rings. The van der Waals surface area contributed by atoms with E-state index in [1.54, 1.807) is 6.07 Å². The molecular formula is C17H21N5O3S. The van der Waals surface area contributed by atoms with Crippen molar-refractivity contribution in [2.45, 2.75) is 31.6 Å². The highest BCUT2D eigenvalue weighted by Crippen LogP contribution is 2.21. The van der Waals surface area contributed by atoms with Gasteiger partial charge in [-0.15, -0.1) is 0 Å². The van der Waals surface area contributed by atoms with E-state index in [-0.39, 0.29) is 11.8 Å². The molecule has 0 saturated carbocycles. The Morgan fingerprint density at radius 1 is 1.31 bits per heavy atom. The normalized spacial score (nSPS) is 16.4. The highest BCUT2D eigenvalue weighted by atomic mass is 32.2. The number of aryl methyl sites for hydroxylation is 1. The minimum atomic E-state index is -3.49. The Morgan fingerprint density at radius 3 is 2.81 bits per heavy atom. The van der Waals surface area contributed by atoms with E-state index in [2.05, 4.69) is 25.0 Å². The summed E-state index contributed by atoms with van der Waals surface area (Å²) in [6, 6.07) is 9.20. The van der Waals surface area contributed by atoms with Crippen LogP contribution in [-0.2, 0) is 15.8 Å². The highest BCUT2D eigenvalue weighted by Gasteiger charge is 2.26. The fraction of sp³-hybridized carbons (Fsp3) is 0.412. The summed E-state index contributed by atoms with van der Waals surface area (Å²) < 4.78 is 33.1. The Morgan fingerprint density at radius 2 is 2.08 bits per heavy atom. The number of para-hydroxylation sites is 1. The molecule has 1 fully saturated rings. The second-order valence-electron chi connectivity index (χ2n) is 6.67. The van der Waals surface area contributed by atoms with Crippen LogP contribution >= 0.6 is 0 Å². The summed E-state index contributed by atoms with van der Waals surface area (Å²) >= 11 is 0. The van der Waals surface area contributed by atoms with E-state index in [4.69, 9.17) is 4.52 Å². The Kier molecular flexibility index (Phi) is 4.41. The number of piperidine rings is 1. The average molecular weight is 375 g/mol. The van der Waals surface area contributed by atoms with E-state index in [1.165, 1.54) is 0 Å². The molecule has 0 bridgehead atoms. The van der Waals surface area contributed by atoms with Crippen LogP contribution in [0.25, 0.3) is 11.0 Å². The quantitative estimate of drug-likeness (QED) is 0.706. The van der Waals surface area contributed by atoms with Gasteiger partial charge in [0.15, 0.2) is 11.4 Å². The predicted molar refractivity (Wildman–Crippen MR) is 98.3 cm³/mol. The maximum atomic E-state index is 12.5. The molecule has 8 nitrogen and oxygen atoms in total. The van der Waals surface area contributed by atoms with E-state index in [9.17, 15) is 8.42 Å². The zero-order chi connectivity index (χ0) is 18.1. The maximum absolute atomic E-state index is 12.5. The van der Waals surface area contributed by atoms with Crippen LogP contribution in [0.2, 0.25) is 0 Å². The minimum absolute atomic E-state index is 0.0746. The zero-order valence-corrected chi connectivity index (χ0v) is 15.3. The summed E-state index contributed by atoms with van der Waals surface area (Å²) in [5, 5.41) is 11.8. The van der Waals surface area contributed by atoms with Gasteiger partial charge in [0, 0.05) is 36.3 Å². The number of fused-ring (bicyclic) bond motifs is 1. The first-order valence-corrected chi connectivity index (χ1v) is 10.3. The number of hydrogen-bond donors (Lipinski definition) is 2. The number of anilines is 1. The lowest BCUT2D eigenvalue weighted by Gasteiger charge is -2.32. The summed E-state index contributed by atoms with van der Waals surface area (Å²) in [6.07, 6.45) is 1.48. The van der Waals surface area contributed by atoms with Gasteiger partial charge in [-0.05, 0) is 31.9 Å². The zero-order valence-electron chi connectivity index (χ0n) is 14.5. The number of hydrogen-bond acceptors (Lipinski definition) is 6. The van der Waals surface area contributed by atoms with Gasteiger partial charge >= 0.3 is 0 Å². The molecule has 0 amide bonds. The van der Waals surface area contributed by atoms with Crippen molar-refractivity contribution in [2.75, 3.05) is 18.0 Å². The summed E-state index contributed by atoms with van der Waals surface area (Å²) in [6.45, 7) is 3.50. The first-order valence-electron chi connectivity index (χ1n) is 8.60. The standard InChI is InChI=1S/C17H21N5O3S/c1-12-10-17(19-18-12)22-8-6-13(7-9-22)21-26(23,24)11-15-14-4-2-3-5-16(14)25-20-15/h2-5,10,13,21H,6-9,11H2,1H3,(H,18,19). The Labute approximate surface area is 151 Å². The van der Waals surface area contributed by atoms with Crippen molar-refractivity contribution in [3.8, 4) is 0 Å². The van der Waals surface area contributed by atoms with Gasteiger partial charge < -0.3 is 9.42 Å². The number of aromatic amines is 1. The summed E-state index contributed by atoms with van der Waals surface area (Å²) in [5.41, 5.74) is 2.06. The largest absolute Gasteiger partial charge is 0.356 e. The number of aromatic nitrogens is 3. The molecule has 0 radical (unpaired) electrons. The minimum Gasteiger partial charge on any atom is -0.356 e. The van der Waals surface area contributed by atoms with Gasteiger partial charge in [0.25, 0.3) is 0 Å². The molecule has 3 heterocycles. The monoisotopic (exact) mass is 375 g/mol. The molecule has 2 aromatic heterocycles.